The number of hydrogen-bond acceptors (Lipinski definition) is 12. The summed E-state index contributed by atoms with van der Waals surface area (Å²) in [4.78, 5) is 50.4. The lowest BCUT2D eigenvalue weighted by Crippen LogP contribution is -2.49. The van der Waals surface area contributed by atoms with Gasteiger partial charge in [-0.05, 0) is 50.0 Å². The van der Waals surface area contributed by atoms with Crippen molar-refractivity contribution in [1.29, 1.82) is 0 Å². The number of halogens is 6. The Morgan fingerprint density at radius 2 is 1.14 bits per heavy atom. The lowest BCUT2D eigenvalue weighted by atomic mass is 10.1. The maximum Gasteiger partial charge on any atom is 0.257 e. The van der Waals surface area contributed by atoms with Crippen LogP contribution in [0.3, 0.4) is 0 Å². The maximum atomic E-state index is 14.6. The molecule has 8 heterocycles. The third-order valence-corrected chi connectivity index (χ3v) is 10.3. The van der Waals surface area contributed by atoms with Crippen LogP contribution in [0.1, 0.15) is 24.0 Å². The molecule has 2 aliphatic heterocycles. The molecule has 2 amide bonds. The predicted molar refractivity (Wildman–Crippen MR) is 222 cm³/mol. The summed E-state index contributed by atoms with van der Waals surface area (Å²) >= 11 is 0. The zero-order valence-electron chi connectivity index (χ0n) is 34.5. The van der Waals surface area contributed by atoms with Gasteiger partial charge in [0.25, 0.3) is 12.9 Å². The quantitative estimate of drug-likeness (QED) is 0.0741. The van der Waals surface area contributed by atoms with Gasteiger partial charge in [-0.1, -0.05) is 13.2 Å². The number of H-pyrrole nitrogens is 2. The van der Waals surface area contributed by atoms with E-state index in [9.17, 15) is 35.9 Å². The van der Waals surface area contributed by atoms with Crippen molar-refractivity contribution in [1.82, 2.24) is 59.3 Å². The van der Waals surface area contributed by atoms with Crippen LogP contribution < -0.4 is 20.1 Å². The van der Waals surface area contributed by atoms with Crippen molar-refractivity contribution in [3.8, 4) is 11.8 Å². The van der Waals surface area contributed by atoms with Gasteiger partial charge in [0.1, 0.15) is 48.9 Å². The molecule has 4 atom stereocenters. The molecule has 64 heavy (non-hydrogen) atoms. The van der Waals surface area contributed by atoms with Gasteiger partial charge in [-0.25, -0.2) is 26.3 Å². The van der Waals surface area contributed by atoms with E-state index in [0.29, 0.717) is 33.4 Å². The third kappa shape index (κ3) is 10.5. The number of fused-ring (bicyclic) bond motifs is 2. The zero-order valence-corrected chi connectivity index (χ0v) is 34.5. The highest BCUT2D eigenvalue weighted by Gasteiger charge is 2.35. The number of amides is 2. The van der Waals surface area contributed by atoms with Crippen LogP contribution in [0.5, 0.6) is 11.8 Å². The third-order valence-electron chi connectivity index (χ3n) is 10.3. The van der Waals surface area contributed by atoms with E-state index in [-0.39, 0.29) is 74.5 Å². The Kier molecular flexibility index (Phi) is 13.7. The number of aromatic nitrogens is 10. The highest BCUT2D eigenvalue weighted by Crippen LogP contribution is 2.32. The lowest BCUT2D eigenvalue weighted by molar-refractivity contribution is -0.130. The van der Waals surface area contributed by atoms with E-state index in [1.54, 1.807) is 12.4 Å². The topological polar surface area (TPSA) is 202 Å². The molecule has 0 spiro atoms. The van der Waals surface area contributed by atoms with E-state index < -0.39 is 50.5 Å². The van der Waals surface area contributed by atoms with Crippen LogP contribution in [0.25, 0.3) is 22.1 Å². The van der Waals surface area contributed by atoms with Crippen molar-refractivity contribution in [2.75, 3.05) is 36.8 Å². The Morgan fingerprint density at radius 1 is 0.734 bits per heavy atom. The molecule has 6 aromatic rings. The lowest BCUT2D eigenvalue weighted by Gasteiger charge is -2.34. The summed E-state index contributed by atoms with van der Waals surface area (Å²) in [7, 11) is 0. The molecule has 0 aliphatic carbocycles. The molecule has 6 aromatic heterocycles. The summed E-state index contributed by atoms with van der Waals surface area (Å²) in [6.07, 6.45) is 2.17. The average molecular weight is 899 g/mol. The molecule has 0 radical (unpaired) electrons. The highest BCUT2D eigenvalue weighted by atomic mass is 19.3. The second kappa shape index (κ2) is 19.5. The molecule has 340 valence electrons. The summed E-state index contributed by atoms with van der Waals surface area (Å²) in [5.41, 5.74) is 3.33. The van der Waals surface area contributed by atoms with E-state index in [1.165, 1.54) is 46.7 Å². The van der Waals surface area contributed by atoms with Crippen LogP contribution in [0.15, 0.2) is 62.5 Å². The van der Waals surface area contributed by atoms with Crippen LogP contribution in [0, 0.1) is 13.8 Å². The Morgan fingerprint density at radius 3 is 1.52 bits per heavy atom. The van der Waals surface area contributed by atoms with E-state index >= 15 is 0 Å². The number of nitrogens with one attached hydrogen (secondary N) is 4. The first-order valence-electron chi connectivity index (χ1n) is 20.0. The SMILES string of the molecule is C=CC(=O)N1CC[C@@H](F)[C@@H](Oc2nc(Nc3cnn(CC(F)F)c3)nc3[nH]cc(C)c23)C1.C=CC(=O)N1CC[C@H](F)[C@H](Oc2nc(Nc3cnn(CC(F)F)c3)nc3[nH]cc(C)c23)C1. The fourth-order valence-corrected chi connectivity index (χ4v) is 7.12. The van der Waals surface area contributed by atoms with Gasteiger partial charge in [-0.2, -0.15) is 30.1 Å². The van der Waals surface area contributed by atoms with Crippen LogP contribution >= 0.6 is 0 Å². The first-order valence-corrected chi connectivity index (χ1v) is 20.0. The number of aromatic amines is 2. The molecule has 24 heteroatoms. The van der Waals surface area contributed by atoms with Crippen LogP contribution in [0.2, 0.25) is 0 Å². The molecule has 2 fully saturated rings. The van der Waals surface area contributed by atoms with Crippen molar-refractivity contribution < 1.29 is 45.4 Å². The summed E-state index contributed by atoms with van der Waals surface area (Å²) in [5.74, 6) is -0.0421. The van der Waals surface area contributed by atoms with Gasteiger partial charge >= 0.3 is 0 Å². The molecular formula is C40H44F6N14O4. The van der Waals surface area contributed by atoms with Gasteiger partial charge in [-0.15, -0.1) is 0 Å². The monoisotopic (exact) mass is 898 g/mol. The van der Waals surface area contributed by atoms with Gasteiger partial charge in [-0.3, -0.25) is 19.0 Å². The van der Waals surface area contributed by atoms with Crippen LogP contribution in [-0.4, -0.2) is 135 Å². The number of hydrogen-bond donors (Lipinski definition) is 4. The average Bonchev–Trinajstić information content (AvgIpc) is 4.07. The minimum absolute atomic E-state index is 0.0597. The number of rotatable bonds is 14. The summed E-state index contributed by atoms with van der Waals surface area (Å²) < 4.78 is 93.6. The molecule has 0 aromatic carbocycles. The Labute approximate surface area is 360 Å². The molecule has 0 saturated carbocycles. The van der Waals surface area contributed by atoms with Crippen LogP contribution in [0.4, 0.5) is 49.6 Å². The van der Waals surface area contributed by atoms with Crippen molar-refractivity contribution in [3.05, 3.63) is 73.6 Å². The number of anilines is 4. The molecule has 0 unspecified atom stereocenters. The minimum atomic E-state index is -2.53. The van der Waals surface area contributed by atoms with Gasteiger partial charge in [0.2, 0.25) is 35.5 Å². The largest absolute Gasteiger partial charge is 0.469 e. The van der Waals surface area contributed by atoms with Crippen molar-refractivity contribution >= 4 is 57.2 Å². The zero-order chi connectivity index (χ0) is 45.7. The van der Waals surface area contributed by atoms with Gasteiger partial charge in [0.15, 0.2) is 0 Å². The molecule has 0 bridgehead atoms. The Balaban J connectivity index is 0.000000191. The number of carbonyl (C=O) groups excluding carboxylic acids is 2. The predicted octanol–water partition coefficient (Wildman–Crippen LogP) is 5.95. The Bertz CT molecular complexity index is 2440. The number of ether oxygens (including phenoxy) is 2. The maximum absolute atomic E-state index is 14.6. The molecule has 2 saturated heterocycles. The number of aryl methyl sites for hydroxylation is 2. The number of carbonyl (C=O) groups is 2. The summed E-state index contributed by atoms with van der Waals surface area (Å²) in [5, 5.41) is 14.7. The standard InChI is InChI=1S/2C20H22F3N7O2/c2*1-3-16(31)29-5-4-13(21)14(9-29)32-19-17-11(2)6-24-18(17)27-20(28-19)26-12-7-25-30(8-12)10-15(22)23/h2*3,6-8,13-15H,1,4-5,9-10H2,2H3,(H2,24,26,27,28)/t2*13-,14+/m10/s1. The first-order chi connectivity index (χ1) is 30.7. The number of alkyl halides is 6. The smallest absolute Gasteiger partial charge is 0.257 e. The second-order valence-corrected chi connectivity index (χ2v) is 14.9. The number of piperidine rings is 2. The molecule has 4 N–H and O–H groups in total. The number of nitrogens with zero attached hydrogens (tertiary/aromatic N) is 10. The van der Waals surface area contributed by atoms with Gasteiger partial charge in [0, 0.05) is 37.9 Å². The summed E-state index contributed by atoms with van der Waals surface area (Å²) in [6, 6.07) is 0. The fourth-order valence-electron chi connectivity index (χ4n) is 7.12. The summed E-state index contributed by atoms with van der Waals surface area (Å²) in [6.45, 7) is 10.2. The van der Waals surface area contributed by atoms with E-state index in [0.717, 1.165) is 20.5 Å². The highest BCUT2D eigenvalue weighted by molar-refractivity contribution is 5.88. The van der Waals surface area contributed by atoms with Crippen molar-refractivity contribution in [2.45, 2.75) is 77.2 Å². The Hall–Kier alpha value is -7.14. The molecule has 8 rings (SSSR count). The van der Waals surface area contributed by atoms with E-state index in [1.807, 2.05) is 13.8 Å². The first kappa shape index (κ1) is 44.9. The molecular weight excluding hydrogens is 855 g/mol. The van der Waals surface area contributed by atoms with Crippen LogP contribution in [-0.2, 0) is 22.7 Å². The molecule has 18 nitrogen and oxygen atoms in total. The number of likely N-dealkylation sites (tertiary alicyclic amines) is 2. The van der Waals surface area contributed by atoms with Gasteiger partial charge < -0.3 is 39.9 Å². The fraction of sp³-hybridized carbons (Fsp3) is 0.400. The normalized spacial score (nSPS) is 18.8. The molecule has 2 aliphatic rings. The van der Waals surface area contributed by atoms with Crippen molar-refractivity contribution in [2.24, 2.45) is 0 Å². The van der Waals surface area contributed by atoms with Gasteiger partial charge in [0.05, 0.1) is 47.6 Å². The van der Waals surface area contributed by atoms with Crippen molar-refractivity contribution in [3.63, 3.8) is 0 Å². The van der Waals surface area contributed by atoms with E-state index in [2.05, 4.69) is 63.9 Å². The van der Waals surface area contributed by atoms with E-state index in [4.69, 9.17) is 9.47 Å². The minimum Gasteiger partial charge on any atom is -0.469 e. The second-order valence-electron chi connectivity index (χ2n) is 14.9.